The highest BCUT2D eigenvalue weighted by molar-refractivity contribution is 5.81. The van der Waals surface area contributed by atoms with Crippen LogP contribution in [0.25, 0.3) is 0 Å². The van der Waals surface area contributed by atoms with Gasteiger partial charge in [0.25, 0.3) is 0 Å². The molecule has 0 aliphatic carbocycles. The molecule has 0 aromatic heterocycles. The second-order valence-corrected chi connectivity index (χ2v) is 5.68. The molecule has 2 heterocycles. The van der Waals surface area contributed by atoms with Crippen LogP contribution in [0.15, 0.2) is 0 Å². The number of nitrogens with zero attached hydrogens (tertiary/aromatic N) is 1. The van der Waals surface area contributed by atoms with Crippen LogP contribution in [0.1, 0.15) is 33.1 Å². The van der Waals surface area contributed by atoms with Gasteiger partial charge < -0.3 is 11.1 Å². The van der Waals surface area contributed by atoms with E-state index in [1.54, 1.807) is 0 Å². The summed E-state index contributed by atoms with van der Waals surface area (Å²) in [6.45, 7) is 7.20. The van der Waals surface area contributed by atoms with Crippen molar-refractivity contribution in [3.63, 3.8) is 0 Å². The fourth-order valence-electron chi connectivity index (χ4n) is 2.95. The van der Waals surface area contributed by atoms with Gasteiger partial charge >= 0.3 is 0 Å². The molecule has 4 nitrogen and oxygen atoms in total. The molecule has 3 unspecified atom stereocenters. The lowest BCUT2D eigenvalue weighted by Crippen LogP contribution is -2.47. The summed E-state index contributed by atoms with van der Waals surface area (Å²) in [5, 5.41) is 3.46. The van der Waals surface area contributed by atoms with Crippen LogP contribution in [0, 0.1) is 5.41 Å². The van der Waals surface area contributed by atoms with Crippen LogP contribution in [0.5, 0.6) is 0 Å². The van der Waals surface area contributed by atoms with Gasteiger partial charge in [0.1, 0.15) is 0 Å². The maximum absolute atomic E-state index is 11.4. The monoisotopic (exact) mass is 225 g/mol. The molecule has 0 aromatic carbocycles. The second kappa shape index (κ2) is 4.34. The summed E-state index contributed by atoms with van der Waals surface area (Å²) in [7, 11) is 0. The maximum Gasteiger partial charge on any atom is 0.224 e. The SMILES string of the molecule is CC1CC(N2CCC(C)(C(N)=O)C2)CCN1. The molecular weight excluding hydrogens is 202 g/mol. The van der Waals surface area contributed by atoms with Crippen LogP contribution < -0.4 is 11.1 Å². The van der Waals surface area contributed by atoms with E-state index in [1.807, 2.05) is 6.92 Å². The lowest BCUT2D eigenvalue weighted by Gasteiger charge is -2.35. The summed E-state index contributed by atoms with van der Waals surface area (Å²) in [6, 6.07) is 1.23. The summed E-state index contributed by atoms with van der Waals surface area (Å²) < 4.78 is 0. The Balaban J connectivity index is 1.95. The number of nitrogens with one attached hydrogen (secondary N) is 1. The van der Waals surface area contributed by atoms with Crippen molar-refractivity contribution in [3.8, 4) is 0 Å². The van der Waals surface area contributed by atoms with E-state index >= 15 is 0 Å². The highest BCUT2D eigenvalue weighted by Crippen LogP contribution is 2.32. The van der Waals surface area contributed by atoms with Crippen molar-refractivity contribution in [2.45, 2.75) is 45.2 Å². The largest absolute Gasteiger partial charge is 0.369 e. The predicted octanol–water partition coefficient (Wildman–Crippen LogP) is 0.324. The number of piperidine rings is 1. The van der Waals surface area contributed by atoms with E-state index in [1.165, 1.54) is 12.8 Å². The van der Waals surface area contributed by atoms with Gasteiger partial charge in [0.2, 0.25) is 5.91 Å². The van der Waals surface area contributed by atoms with Crippen LogP contribution >= 0.6 is 0 Å². The van der Waals surface area contributed by atoms with Crippen molar-refractivity contribution >= 4 is 5.91 Å². The van der Waals surface area contributed by atoms with E-state index in [9.17, 15) is 4.79 Å². The van der Waals surface area contributed by atoms with Gasteiger partial charge in [-0.05, 0) is 46.2 Å². The number of rotatable bonds is 2. The Morgan fingerprint density at radius 3 is 2.88 bits per heavy atom. The normalized spacial score (nSPS) is 41.1. The molecule has 4 heteroatoms. The molecule has 0 radical (unpaired) electrons. The summed E-state index contributed by atoms with van der Waals surface area (Å²) in [6.07, 6.45) is 3.30. The fraction of sp³-hybridized carbons (Fsp3) is 0.917. The number of hydrogen-bond donors (Lipinski definition) is 2. The zero-order valence-electron chi connectivity index (χ0n) is 10.3. The topological polar surface area (TPSA) is 58.4 Å². The number of likely N-dealkylation sites (tertiary alicyclic amines) is 1. The smallest absolute Gasteiger partial charge is 0.224 e. The van der Waals surface area contributed by atoms with Crippen molar-refractivity contribution in [1.82, 2.24) is 10.2 Å². The molecule has 16 heavy (non-hydrogen) atoms. The first-order chi connectivity index (χ1) is 7.51. The van der Waals surface area contributed by atoms with Gasteiger partial charge in [0, 0.05) is 18.6 Å². The third kappa shape index (κ3) is 2.23. The molecule has 2 fully saturated rings. The Bertz CT molecular complexity index is 281. The minimum Gasteiger partial charge on any atom is -0.369 e. The maximum atomic E-state index is 11.4. The number of nitrogens with two attached hydrogens (primary N) is 1. The fourth-order valence-corrected chi connectivity index (χ4v) is 2.95. The Morgan fingerprint density at radius 1 is 1.56 bits per heavy atom. The Labute approximate surface area is 97.6 Å². The average Bonchev–Trinajstić information content (AvgIpc) is 2.62. The standard InChI is InChI=1S/C12H23N3O/c1-9-7-10(3-5-14-9)15-6-4-12(2,8-15)11(13)16/h9-10,14H,3-8H2,1-2H3,(H2,13,16). The van der Waals surface area contributed by atoms with Gasteiger partial charge in [0.15, 0.2) is 0 Å². The first kappa shape index (κ1) is 11.9. The van der Waals surface area contributed by atoms with E-state index in [0.717, 1.165) is 26.1 Å². The Morgan fingerprint density at radius 2 is 2.31 bits per heavy atom. The molecule has 1 amide bonds. The molecule has 2 aliphatic heterocycles. The van der Waals surface area contributed by atoms with E-state index in [2.05, 4.69) is 17.1 Å². The van der Waals surface area contributed by atoms with Gasteiger partial charge in [-0.15, -0.1) is 0 Å². The number of carbonyl (C=O) groups excluding carboxylic acids is 1. The highest BCUT2D eigenvalue weighted by atomic mass is 16.1. The van der Waals surface area contributed by atoms with Crippen LogP contribution in [-0.4, -0.2) is 42.5 Å². The number of primary amides is 1. The van der Waals surface area contributed by atoms with E-state index in [-0.39, 0.29) is 11.3 Å². The first-order valence-electron chi connectivity index (χ1n) is 6.28. The first-order valence-corrected chi connectivity index (χ1v) is 6.28. The lowest BCUT2D eigenvalue weighted by atomic mass is 9.89. The van der Waals surface area contributed by atoms with E-state index in [0.29, 0.717) is 12.1 Å². The predicted molar refractivity (Wildman–Crippen MR) is 64.0 cm³/mol. The van der Waals surface area contributed by atoms with Gasteiger partial charge in [-0.3, -0.25) is 9.69 Å². The van der Waals surface area contributed by atoms with Gasteiger partial charge in [-0.25, -0.2) is 0 Å². The van der Waals surface area contributed by atoms with Gasteiger partial charge in [-0.2, -0.15) is 0 Å². The minimum atomic E-state index is -0.298. The van der Waals surface area contributed by atoms with Crippen molar-refractivity contribution in [3.05, 3.63) is 0 Å². The molecule has 0 aromatic rings. The van der Waals surface area contributed by atoms with Crippen LogP contribution in [-0.2, 0) is 4.79 Å². The Kier molecular flexibility index (Phi) is 3.22. The molecule has 3 atom stereocenters. The van der Waals surface area contributed by atoms with E-state index in [4.69, 9.17) is 5.73 Å². The van der Waals surface area contributed by atoms with Crippen LogP contribution in [0.4, 0.5) is 0 Å². The number of amides is 1. The molecule has 2 saturated heterocycles. The number of carbonyl (C=O) groups is 1. The molecule has 2 rings (SSSR count). The van der Waals surface area contributed by atoms with E-state index < -0.39 is 0 Å². The molecule has 0 saturated carbocycles. The van der Waals surface area contributed by atoms with Crippen molar-refractivity contribution < 1.29 is 4.79 Å². The zero-order valence-corrected chi connectivity index (χ0v) is 10.3. The van der Waals surface area contributed by atoms with Crippen molar-refractivity contribution in [2.24, 2.45) is 11.1 Å². The minimum absolute atomic E-state index is 0.142. The van der Waals surface area contributed by atoms with Crippen LogP contribution in [0.2, 0.25) is 0 Å². The van der Waals surface area contributed by atoms with Crippen LogP contribution in [0.3, 0.4) is 0 Å². The van der Waals surface area contributed by atoms with Gasteiger partial charge in [-0.1, -0.05) is 0 Å². The Hall–Kier alpha value is -0.610. The summed E-state index contributed by atoms with van der Waals surface area (Å²) in [5.41, 5.74) is 5.18. The molecule has 2 aliphatic rings. The lowest BCUT2D eigenvalue weighted by molar-refractivity contribution is -0.126. The number of hydrogen-bond acceptors (Lipinski definition) is 3. The summed E-state index contributed by atoms with van der Waals surface area (Å²) in [4.78, 5) is 13.9. The molecule has 92 valence electrons. The second-order valence-electron chi connectivity index (χ2n) is 5.68. The van der Waals surface area contributed by atoms with Gasteiger partial charge in [0.05, 0.1) is 5.41 Å². The molecule has 0 bridgehead atoms. The molecular formula is C12H23N3O. The third-order valence-corrected chi connectivity index (χ3v) is 4.21. The molecule has 0 spiro atoms. The quantitative estimate of drug-likeness (QED) is 0.712. The summed E-state index contributed by atoms with van der Waals surface area (Å²) >= 11 is 0. The highest BCUT2D eigenvalue weighted by Gasteiger charge is 2.41. The summed E-state index contributed by atoms with van der Waals surface area (Å²) in [5.74, 6) is -0.142. The zero-order chi connectivity index (χ0) is 11.8. The molecule has 3 N–H and O–H groups in total. The third-order valence-electron chi connectivity index (χ3n) is 4.21. The van der Waals surface area contributed by atoms with Crippen molar-refractivity contribution in [1.29, 1.82) is 0 Å². The average molecular weight is 225 g/mol. The van der Waals surface area contributed by atoms with Crippen molar-refractivity contribution in [2.75, 3.05) is 19.6 Å².